The lowest BCUT2D eigenvalue weighted by molar-refractivity contribution is -0.120. The third kappa shape index (κ3) is 6.12. The van der Waals surface area contributed by atoms with Crippen LogP contribution in [0.1, 0.15) is 38.3 Å². The number of thioether (sulfide) groups is 1. The maximum absolute atomic E-state index is 11.1. The van der Waals surface area contributed by atoms with E-state index in [9.17, 15) is 4.79 Å². The Bertz CT molecular complexity index is 378. The summed E-state index contributed by atoms with van der Waals surface area (Å²) in [4.78, 5) is 12.3. The van der Waals surface area contributed by atoms with Gasteiger partial charge in [-0.15, -0.1) is 11.8 Å². The highest BCUT2D eigenvalue weighted by atomic mass is 32.2. The molecule has 0 aromatic heterocycles. The fraction of sp³-hybridized carbons (Fsp3) is 0.533. The molecular weight excluding hydrogens is 256 g/mol. The Kier molecular flexibility index (Phi) is 7.60. The van der Waals surface area contributed by atoms with Crippen LogP contribution in [0.2, 0.25) is 0 Å². The maximum Gasteiger partial charge on any atom is 0.220 e. The van der Waals surface area contributed by atoms with Crippen molar-refractivity contribution in [2.24, 2.45) is 0 Å². The van der Waals surface area contributed by atoms with Gasteiger partial charge in [0.15, 0.2) is 0 Å². The first-order valence-electron chi connectivity index (χ1n) is 6.84. The van der Waals surface area contributed by atoms with Crippen LogP contribution in [-0.4, -0.2) is 25.3 Å². The molecule has 0 bridgehead atoms. The van der Waals surface area contributed by atoms with Gasteiger partial charge in [-0.1, -0.05) is 19.1 Å². The lowest BCUT2D eigenvalue weighted by Gasteiger charge is -2.13. The summed E-state index contributed by atoms with van der Waals surface area (Å²) < 4.78 is 0. The van der Waals surface area contributed by atoms with Gasteiger partial charge in [-0.25, -0.2) is 0 Å². The normalized spacial score (nSPS) is 12.2. The van der Waals surface area contributed by atoms with Gasteiger partial charge < -0.3 is 10.6 Å². The second-order valence-corrected chi connectivity index (χ2v) is 5.68. The van der Waals surface area contributed by atoms with Gasteiger partial charge in [0.05, 0.1) is 0 Å². The monoisotopic (exact) mass is 280 g/mol. The van der Waals surface area contributed by atoms with Crippen molar-refractivity contribution in [2.45, 2.75) is 37.6 Å². The molecule has 1 atom stereocenters. The number of amides is 1. The van der Waals surface area contributed by atoms with E-state index in [-0.39, 0.29) is 5.91 Å². The third-order valence-electron chi connectivity index (χ3n) is 2.96. The molecule has 3 nitrogen and oxygen atoms in total. The Labute approximate surface area is 120 Å². The van der Waals surface area contributed by atoms with Gasteiger partial charge in [-0.2, -0.15) is 0 Å². The molecule has 106 valence electrons. The molecule has 2 N–H and O–H groups in total. The predicted molar refractivity (Wildman–Crippen MR) is 82.6 cm³/mol. The molecule has 0 fully saturated rings. The molecule has 0 heterocycles. The number of carbonyl (C=O) groups is 1. The van der Waals surface area contributed by atoms with Gasteiger partial charge in [0, 0.05) is 30.2 Å². The van der Waals surface area contributed by atoms with Crippen molar-refractivity contribution in [1.29, 1.82) is 0 Å². The van der Waals surface area contributed by atoms with Gasteiger partial charge in [0.2, 0.25) is 5.91 Å². The van der Waals surface area contributed by atoms with Crippen molar-refractivity contribution >= 4 is 17.7 Å². The topological polar surface area (TPSA) is 41.1 Å². The molecule has 1 rings (SSSR count). The molecular formula is C15H24N2OS. The summed E-state index contributed by atoms with van der Waals surface area (Å²) in [6.45, 7) is 5.40. The molecule has 1 aromatic carbocycles. The van der Waals surface area contributed by atoms with Gasteiger partial charge in [0.1, 0.15) is 0 Å². The molecule has 0 spiro atoms. The fourth-order valence-corrected chi connectivity index (χ4v) is 2.57. The smallest absolute Gasteiger partial charge is 0.220 e. The van der Waals surface area contributed by atoms with E-state index in [0.29, 0.717) is 12.5 Å². The molecule has 0 saturated heterocycles. The largest absolute Gasteiger partial charge is 0.359 e. The van der Waals surface area contributed by atoms with Crippen LogP contribution in [0.3, 0.4) is 0 Å². The van der Waals surface area contributed by atoms with Gasteiger partial charge in [0.25, 0.3) is 0 Å². The number of hydrogen-bond acceptors (Lipinski definition) is 3. The number of benzene rings is 1. The second kappa shape index (κ2) is 8.99. The summed E-state index contributed by atoms with van der Waals surface area (Å²) in [7, 11) is 1.67. The zero-order chi connectivity index (χ0) is 14.1. The van der Waals surface area contributed by atoms with Crippen molar-refractivity contribution in [3.63, 3.8) is 0 Å². The molecule has 0 aliphatic carbocycles. The van der Waals surface area contributed by atoms with Crippen LogP contribution in [0.5, 0.6) is 0 Å². The average Bonchev–Trinajstić information content (AvgIpc) is 2.45. The first kappa shape index (κ1) is 16.1. The predicted octanol–water partition coefficient (Wildman–Crippen LogP) is 2.98. The number of hydrogen-bond donors (Lipinski definition) is 2. The van der Waals surface area contributed by atoms with Gasteiger partial charge >= 0.3 is 0 Å². The summed E-state index contributed by atoms with van der Waals surface area (Å²) in [5, 5.41) is 6.11. The molecule has 19 heavy (non-hydrogen) atoms. The highest BCUT2D eigenvalue weighted by molar-refractivity contribution is 7.99. The summed E-state index contributed by atoms with van der Waals surface area (Å²) >= 11 is 1.72. The molecule has 0 aliphatic rings. The van der Waals surface area contributed by atoms with Crippen molar-refractivity contribution in [3.05, 3.63) is 29.8 Å². The SMILES string of the molecule is CCCNC(C)c1ccc(SCCC(=O)NC)cc1. The molecule has 1 amide bonds. The van der Waals surface area contributed by atoms with E-state index in [2.05, 4.69) is 48.7 Å². The number of carbonyl (C=O) groups excluding carboxylic acids is 1. The standard InChI is InChI=1S/C15H24N2OS/c1-4-10-17-12(2)13-5-7-14(8-6-13)19-11-9-15(18)16-3/h5-8,12,17H,4,9-11H2,1-3H3,(H,16,18). The minimum atomic E-state index is 0.0986. The average molecular weight is 280 g/mol. The molecule has 4 heteroatoms. The quantitative estimate of drug-likeness (QED) is 0.719. The molecule has 1 unspecified atom stereocenters. The van der Waals surface area contributed by atoms with Crippen LogP contribution in [0.4, 0.5) is 0 Å². The Balaban J connectivity index is 2.40. The minimum Gasteiger partial charge on any atom is -0.359 e. The van der Waals surface area contributed by atoms with Crippen molar-refractivity contribution in [2.75, 3.05) is 19.3 Å². The summed E-state index contributed by atoms with van der Waals surface area (Å²) in [6, 6.07) is 8.98. The lowest BCUT2D eigenvalue weighted by Crippen LogP contribution is -2.19. The number of rotatable bonds is 8. The van der Waals surface area contributed by atoms with Crippen LogP contribution in [0.25, 0.3) is 0 Å². The van der Waals surface area contributed by atoms with Crippen LogP contribution in [0, 0.1) is 0 Å². The number of nitrogens with one attached hydrogen (secondary N) is 2. The van der Waals surface area contributed by atoms with E-state index in [4.69, 9.17) is 0 Å². The zero-order valence-corrected chi connectivity index (χ0v) is 12.8. The summed E-state index contributed by atoms with van der Waals surface area (Å²) in [5.41, 5.74) is 1.31. The Morgan fingerprint density at radius 2 is 2.00 bits per heavy atom. The molecule has 0 aliphatic heterocycles. The van der Waals surface area contributed by atoms with E-state index in [1.54, 1.807) is 18.8 Å². The lowest BCUT2D eigenvalue weighted by atomic mass is 10.1. The van der Waals surface area contributed by atoms with E-state index in [0.717, 1.165) is 18.7 Å². The third-order valence-corrected chi connectivity index (χ3v) is 3.97. The Morgan fingerprint density at radius 1 is 1.32 bits per heavy atom. The van der Waals surface area contributed by atoms with Crippen LogP contribution < -0.4 is 10.6 Å². The zero-order valence-electron chi connectivity index (χ0n) is 12.0. The van der Waals surface area contributed by atoms with Crippen LogP contribution >= 0.6 is 11.8 Å². The van der Waals surface area contributed by atoms with Crippen molar-refractivity contribution < 1.29 is 4.79 Å². The minimum absolute atomic E-state index is 0.0986. The highest BCUT2D eigenvalue weighted by Gasteiger charge is 2.04. The van der Waals surface area contributed by atoms with E-state index >= 15 is 0 Å². The molecule has 1 aromatic rings. The highest BCUT2D eigenvalue weighted by Crippen LogP contribution is 2.21. The van der Waals surface area contributed by atoms with Gasteiger partial charge in [-0.05, 0) is 37.6 Å². The van der Waals surface area contributed by atoms with Gasteiger partial charge in [-0.3, -0.25) is 4.79 Å². The van der Waals surface area contributed by atoms with Crippen molar-refractivity contribution in [3.8, 4) is 0 Å². The Morgan fingerprint density at radius 3 is 2.58 bits per heavy atom. The van der Waals surface area contributed by atoms with E-state index < -0.39 is 0 Å². The first-order valence-corrected chi connectivity index (χ1v) is 7.82. The van der Waals surface area contributed by atoms with E-state index in [1.165, 1.54) is 10.5 Å². The summed E-state index contributed by atoms with van der Waals surface area (Å²) in [5.74, 6) is 0.921. The van der Waals surface area contributed by atoms with Crippen LogP contribution in [0.15, 0.2) is 29.2 Å². The molecule has 0 radical (unpaired) electrons. The first-order chi connectivity index (χ1) is 9.17. The van der Waals surface area contributed by atoms with Crippen LogP contribution in [-0.2, 0) is 4.79 Å². The fourth-order valence-electron chi connectivity index (χ4n) is 1.72. The second-order valence-electron chi connectivity index (χ2n) is 4.52. The van der Waals surface area contributed by atoms with E-state index in [1.807, 2.05) is 0 Å². The summed E-state index contributed by atoms with van der Waals surface area (Å²) in [6.07, 6.45) is 1.72. The molecule has 0 saturated carbocycles. The van der Waals surface area contributed by atoms with Crippen molar-refractivity contribution in [1.82, 2.24) is 10.6 Å². The maximum atomic E-state index is 11.1. The Hall–Kier alpha value is -1.00.